The van der Waals surface area contributed by atoms with Crippen LogP contribution in [0.15, 0.2) is 42.7 Å². The molecular formula is C20H25N3O2. The lowest BCUT2D eigenvalue weighted by molar-refractivity contribution is 0.121. The van der Waals surface area contributed by atoms with E-state index in [1.54, 1.807) is 0 Å². The van der Waals surface area contributed by atoms with Gasteiger partial charge < -0.3 is 9.47 Å². The third kappa shape index (κ3) is 4.11. The summed E-state index contributed by atoms with van der Waals surface area (Å²) < 4.78 is 11.8. The van der Waals surface area contributed by atoms with Crippen molar-refractivity contribution in [1.82, 2.24) is 14.8 Å². The van der Waals surface area contributed by atoms with Crippen LogP contribution in [0.1, 0.15) is 17.5 Å². The molecule has 0 spiro atoms. The second-order valence-electron chi connectivity index (χ2n) is 6.71. The number of aromatic nitrogens is 1. The fourth-order valence-electron chi connectivity index (χ4n) is 3.47. The Kier molecular flexibility index (Phi) is 5.14. The molecule has 5 nitrogen and oxygen atoms in total. The molecule has 3 heterocycles. The molecule has 4 rings (SSSR count). The van der Waals surface area contributed by atoms with Crippen LogP contribution in [0.25, 0.3) is 0 Å². The molecule has 0 bridgehead atoms. The molecule has 2 aromatic rings. The Morgan fingerprint density at radius 2 is 1.68 bits per heavy atom. The van der Waals surface area contributed by atoms with Gasteiger partial charge in [0.15, 0.2) is 11.5 Å². The topological polar surface area (TPSA) is 37.8 Å². The van der Waals surface area contributed by atoms with E-state index >= 15 is 0 Å². The number of ether oxygens (including phenoxy) is 2. The number of para-hydroxylation sites is 1. The number of piperazine rings is 1. The van der Waals surface area contributed by atoms with Crippen molar-refractivity contribution in [3.63, 3.8) is 0 Å². The fraction of sp³-hybridized carbons (Fsp3) is 0.450. The van der Waals surface area contributed by atoms with Crippen LogP contribution in [0.3, 0.4) is 0 Å². The van der Waals surface area contributed by atoms with Crippen molar-refractivity contribution in [2.45, 2.75) is 19.5 Å². The first-order valence-corrected chi connectivity index (χ1v) is 9.09. The van der Waals surface area contributed by atoms with Crippen LogP contribution < -0.4 is 9.47 Å². The van der Waals surface area contributed by atoms with E-state index in [0.717, 1.165) is 70.4 Å². The molecule has 132 valence electrons. The van der Waals surface area contributed by atoms with Crippen LogP contribution in [0.4, 0.5) is 0 Å². The zero-order valence-corrected chi connectivity index (χ0v) is 14.6. The van der Waals surface area contributed by atoms with E-state index in [1.165, 1.54) is 11.1 Å². The van der Waals surface area contributed by atoms with E-state index in [-0.39, 0.29) is 0 Å². The minimum Gasteiger partial charge on any atom is -0.490 e. The van der Waals surface area contributed by atoms with Gasteiger partial charge in [0.25, 0.3) is 0 Å². The molecule has 0 unspecified atom stereocenters. The molecule has 0 aliphatic carbocycles. The van der Waals surface area contributed by atoms with Gasteiger partial charge in [-0.3, -0.25) is 14.8 Å². The Labute approximate surface area is 149 Å². The van der Waals surface area contributed by atoms with Gasteiger partial charge in [0, 0.05) is 63.6 Å². The highest BCUT2D eigenvalue weighted by atomic mass is 16.5. The Hall–Kier alpha value is -2.11. The van der Waals surface area contributed by atoms with Crippen molar-refractivity contribution in [2.24, 2.45) is 0 Å². The Bertz CT molecular complexity index is 685. The smallest absolute Gasteiger partial charge is 0.165 e. The second kappa shape index (κ2) is 7.85. The largest absolute Gasteiger partial charge is 0.490 e. The lowest BCUT2D eigenvalue weighted by atomic mass is 10.1. The number of fused-ring (bicyclic) bond motifs is 1. The second-order valence-corrected chi connectivity index (χ2v) is 6.71. The summed E-state index contributed by atoms with van der Waals surface area (Å²) in [6.07, 6.45) is 4.74. The summed E-state index contributed by atoms with van der Waals surface area (Å²) in [4.78, 5) is 9.21. The molecule has 1 aromatic heterocycles. The molecule has 0 radical (unpaired) electrons. The van der Waals surface area contributed by atoms with Gasteiger partial charge in [0.1, 0.15) is 0 Å². The summed E-state index contributed by atoms with van der Waals surface area (Å²) in [5, 5.41) is 0. The van der Waals surface area contributed by atoms with E-state index in [2.05, 4.69) is 33.0 Å². The van der Waals surface area contributed by atoms with Crippen molar-refractivity contribution >= 4 is 0 Å². The summed E-state index contributed by atoms with van der Waals surface area (Å²) in [6, 6.07) is 10.4. The van der Waals surface area contributed by atoms with Crippen LogP contribution in [0.2, 0.25) is 0 Å². The fourth-order valence-corrected chi connectivity index (χ4v) is 3.47. The van der Waals surface area contributed by atoms with Crippen molar-refractivity contribution in [1.29, 1.82) is 0 Å². The molecule has 1 aromatic carbocycles. The molecule has 0 atom stereocenters. The molecule has 1 saturated heterocycles. The first-order chi connectivity index (χ1) is 12.4. The van der Waals surface area contributed by atoms with E-state index in [1.807, 2.05) is 24.5 Å². The van der Waals surface area contributed by atoms with E-state index in [4.69, 9.17) is 9.47 Å². The van der Waals surface area contributed by atoms with Crippen LogP contribution in [-0.2, 0) is 13.1 Å². The van der Waals surface area contributed by atoms with E-state index < -0.39 is 0 Å². The number of pyridine rings is 1. The quantitative estimate of drug-likeness (QED) is 0.856. The van der Waals surface area contributed by atoms with Crippen molar-refractivity contribution < 1.29 is 9.47 Å². The van der Waals surface area contributed by atoms with Crippen molar-refractivity contribution in [2.75, 3.05) is 39.4 Å². The maximum Gasteiger partial charge on any atom is 0.165 e. The Balaban J connectivity index is 1.35. The van der Waals surface area contributed by atoms with Gasteiger partial charge in [0.05, 0.1) is 13.2 Å². The zero-order valence-electron chi connectivity index (χ0n) is 14.6. The Morgan fingerprint density at radius 1 is 0.880 bits per heavy atom. The van der Waals surface area contributed by atoms with E-state index in [0.29, 0.717) is 0 Å². The molecule has 5 heteroatoms. The molecular weight excluding hydrogens is 314 g/mol. The molecule has 0 saturated carbocycles. The molecule has 0 amide bonds. The van der Waals surface area contributed by atoms with Gasteiger partial charge in [0.2, 0.25) is 0 Å². The third-order valence-corrected chi connectivity index (χ3v) is 4.84. The highest BCUT2D eigenvalue weighted by Gasteiger charge is 2.20. The minimum atomic E-state index is 0.739. The van der Waals surface area contributed by atoms with Crippen LogP contribution in [0.5, 0.6) is 11.5 Å². The number of hydrogen-bond donors (Lipinski definition) is 0. The standard InChI is InChI=1S/C20H25N3O2/c1-5-18(20-19(6-1)24-12-3-13-25-20)16-23-10-8-22(9-11-23)15-17-4-2-7-21-14-17/h1-2,4-7,14H,3,8-13,15-16H2. The van der Waals surface area contributed by atoms with Gasteiger partial charge >= 0.3 is 0 Å². The van der Waals surface area contributed by atoms with Gasteiger partial charge in [-0.2, -0.15) is 0 Å². The molecule has 0 N–H and O–H groups in total. The lowest BCUT2D eigenvalue weighted by Crippen LogP contribution is -2.45. The monoisotopic (exact) mass is 339 g/mol. The van der Waals surface area contributed by atoms with Crippen LogP contribution in [-0.4, -0.2) is 54.2 Å². The predicted octanol–water partition coefficient (Wildman–Crippen LogP) is 2.56. The third-order valence-electron chi connectivity index (χ3n) is 4.84. The lowest BCUT2D eigenvalue weighted by Gasteiger charge is -2.35. The average molecular weight is 339 g/mol. The average Bonchev–Trinajstić information content (AvgIpc) is 2.91. The summed E-state index contributed by atoms with van der Waals surface area (Å²) in [5.41, 5.74) is 2.52. The van der Waals surface area contributed by atoms with E-state index in [9.17, 15) is 0 Å². The molecule has 2 aliphatic heterocycles. The molecule has 2 aliphatic rings. The first kappa shape index (κ1) is 16.4. The zero-order chi connectivity index (χ0) is 16.9. The van der Waals surface area contributed by atoms with Crippen molar-refractivity contribution in [3.8, 4) is 11.5 Å². The summed E-state index contributed by atoms with van der Waals surface area (Å²) >= 11 is 0. The minimum absolute atomic E-state index is 0.739. The summed E-state index contributed by atoms with van der Waals surface area (Å²) in [6.45, 7) is 7.71. The van der Waals surface area contributed by atoms with Crippen LogP contribution >= 0.6 is 0 Å². The highest BCUT2D eigenvalue weighted by molar-refractivity contribution is 5.47. The maximum absolute atomic E-state index is 5.95. The summed E-state index contributed by atoms with van der Waals surface area (Å²) in [7, 11) is 0. The summed E-state index contributed by atoms with van der Waals surface area (Å²) in [5.74, 6) is 1.84. The predicted molar refractivity (Wildman–Crippen MR) is 96.8 cm³/mol. The van der Waals surface area contributed by atoms with Gasteiger partial charge in [-0.1, -0.05) is 18.2 Å². The van der Waals surface area contributed by atoms with Gasteiger partial charge in [-0.25, -0.2) is 0 Å². The SMILES string of the molecule is c1cncc(CN2CCN(Cc3cccc4c3OCCCO4)CC2)c1. The number of rotatable bonds is 4. The molecule has 25 heavy (non-hydrogen) atoms. The van der Waals surface area contributed by atoms with Crippen molar-refractivity contribution in [3.05, 3.63) is 53.9 Å². The van der Waals surface area contributed by atoms with Gasteiger partial charge in [-0.05, 0) is 17.7 Å². The number of nitrogens with zero attached hydrogens (tertiary/aromatic N) is 3. The van der Waals surface area contributed by atoms with Crippen LogP contribution in [0, 0.1) is 0 Å². The Morgan fingerprint density at radius 3 is 2.48 bits per heavy atom. The maximum atomic E-state index is 5.95. The number of benzene rings is 1. The van der Waals surface area contributed by atoms with Gasteiger partial charge in [-0.15, -0.1) is 0 Å². The molecule has 1 fully saturated rings. The highest BCUT2D eigenvalue weighted by Crippen LogP contribution is 2.34. The first-order valence-electron chi connectivity index (χ1n) is 9.09. The number of hydrogen-bond acceptors (Lipinski definition) is 5. The normalized spacial score (nSPS) is 18.7.